The Balaban J connectivity index is 1.58. The number of aryl methyl sites for hydroxylation is 1. The van der Waals surface area contributed by atoms with Crippen LogP contribution in [-0.2, 0) is 0 Å². The Bertz CT molecular complexity index is 1220. The van der Waals surface area contributed by atoms with Crippen molar-refractivity contribution in [2.24, 2.45) is 5.10 Å². The molecule has 2 N–H and O–H groups in total. The average Bonchev–Trinajstić information content (AvgIpc) is 3.31. The summed E-state index contributed by atoms with van der Waals surface area (Å²) >= 11 is 0. The van der Waals surface area contributed by atoms with E-state index in [1.807, 2.05) is 25.1 Å². The number of hydrogen-bond donors (Lipinski definition) is 2. The SMILES string of the molecule is Cc1cc(N2CCCC2)c(F)cc1C=NNc1nc(-c2ccccc2)c(C#N)c(=O)[nH]1. The molecule has 0 saturated carbocycles. The maximum Gasteiger partial charge on any atom is 0.270 e. The number of anilines is 2. The lowest BCUT2D eigenvalue weighted by Gasteiger charge is -2.19. The molecule has 0 aliphatic carbocycles. The van der Waals surface area contributed by atoms with Gasteiger partial charge in [-0.25, -0.2) is 14.8 Å². The number of nitriles is 1. The Labute approximate surface area is 178 Å². The molecule has 1 saturated heterocycles. The number of rotatable bonds is 5. The molecular weight excluding hydrogens is 395 g/mol. The molecule has 156 valence electrons. The van der Waals surface area contributed by atoms with E-state index in [2.05, 4.69) is 25.4 Å². The smallest absolute Gasteiger partial charge is 0.270 e. The molecule has 1 aliphatic heterocycles. The highest BCUT2D eigenvalue weighted by Gasteiger charge is 2.17. The van der Waals surface area contributed by atoms with Crippen LogP contribution in [0.1, 0.15) is 29.5 Å². The van der Waals surface area contributed by atoms with Gasteiger partial charge in [0.1, 0.15) is 17.4 Å². The molecule has 2 heterocycles. The summed E-state index contributed by atoms with van der Waals surface area (Å²) in [6.07, 6.45) is 3.63. The zero-order valence-electron chi connectivity index (χ0n) is 17.0. The van der Waals surface area contributed by atoms with Gasteiger partial charge < -0.3 is 4.90 Å². The standard InChI is InChI=1S/C23H21FN6O/c1-15-11-20(30-9-5-6-10-30)19(24)12-17(15)14-26-29-23-27-21(16-7-3-2-4-8-16)18(13-25)22(31)28-23/h2-4,7-8,11-12,14H,5-6,9-10H2,1H3,(H2,27,28,29,31). The Hall–Kier alpha value is -3.99. The summed E-state index contributed by atoms with van der Waals surface area (Å²) in [6, 6.07) is 14.2. The first-order valence-electron chi connectivity index (χ1n) is 10.0. The molecule has 0 atom stereocenters. The van der Waals surface area contributed by atoms with Crippen molar-refractivity contribution >= 4 is 17.9 Å². The molecule has 4 rings (SSSR count). The molecule has 31 heavy (non-hydrogen) atoms. The van der Waals surface area contributed by atoms with Gasteiger partial charge in [-0.2, -0.15) is 10.4 Å². The zero-order chi connectivity index (χ0) is 21.8. The lowest BCUT2D eigenvalue weighted by Crippen LogP contribution is -2.19. The van der Waals surface area contributed by atoms with Crippen LogP contribution in [0.4, 0.5) is 16.0 Å². The maximum absolute atomic E-state index is 14.6. The zero-order valence-corrected chi connectivity index (χ0v) is 17.0. The number of nitrogens with one attached hydrogen (secondary N) is 2. The summed E-state index contributed by atoms with van der Waals surface area (Å²) in [5.41, 5.74) is 5.07. The van der Waals surface area contributed by atoms with Crippen molar-refractivity contribution in [2.45, 2.75) is 19.8 Å². The highest BCUT2D eigenvalue weighted by molar-refractivity contribution is 5.83. The van der Waals surface area contributed by atoms with E-state index < -0.39 is 5.56 Å². The third kappa shape index (κ3) is 4.31. The number of hydrogen-bond acceptors (Lipinski definition) is 6. The van der Waals surface area contributed by atoms with E-state index in [1.54, 1.807) is 24.3 Å². The van der Waals surface area contributed by atoms with E-state index in [1.165, 1.54) is 12.3 Å². The second-order valence-electron chi connectivity index (χ2n) is 7.34. The normalized spacial score (nSPS) is 13.5. The largest absolute Gasteiger partial charge is 0.369 e. The second-order valence-corrected chi connectivity index (χ2v) is 7.34. The summed E-state index contributed by atoms with van der Waals surface area (Å²) in [6.45, 7) is 3.63. The van der Waals surface area contributed by atoms with Crippen LogP contribution in [0.2, 0.25) is 0 Å². The maximum atomic E-state index is 14.6. The highest BCUT2D eigenvalue weighted by Crippen LogP contribution is 2.26. The van der Waals surface area contributed by atoms with Crippen LogP contribution in [0, 0.1) is 24.1 Å². The van der Waals surface area contributed by atoms with Gasteiger partial charge in [0.25, 0.3) is 5.56 Å². The minimum absolute atomic E-state index is 0.0730. The molecule has 0 bridgehead atoms. The minimum Gasteiger partial charge on any atom is -0.369 e. The summed E-state index contributed by atoms with van der Waals surface area (Å²) in [5, 5.41) is 13.4. The van der Waals surface area contributed by atoms with Crippen LogP contribution in [0.25, 0.3) is 11.3 Å². The van der Waals surface area contributed by atoms with Crippen LogP contribution in [-0.4, -0.2) is 29.3 Å². The van der Waals surface area contributed by atoms with Crippen molar-refractivity contribution in [1.29, 1.82) is 5.26 Å². The number of nitrogens with zero attached hydrogens (tertiary/aromatic N) is 4. The Morgan fingerprint density at radius 2 is 2.00 bits per heavy atom. The fraction of sp³-hybridized carbons (Fsp3) is 0.217. The van der Waals surface area contributed by atoms with E-state index in [0.717, 1.165) is 31.5 Å². The Morgan fingerprint density at radius 3 is 2.71 bits per heavy atom. The first-order valence-corrected chi connectivity index (χ1v) is 10.0. The molecule has 0 spiro atoms. The average molecular weight is 416 g/mol. The molecule has 7 nitrogen and oxygen atoms in total. The fourth-order valence-electron chi connectivity index (χ4n) is 3.62. The van der Waals surface area contributed by atoms with Crippen molar-refractivity contribution in [3.05, 3.63) is 75.3 Å². The monoisotopic (exact) mass is 416 g/mol. The number of aromatic nitrogens is 2. The quantitative estimate of drug-likeness (QED) is 0.487. The fourth-order valence-corrected chi connectivity index (χ4v) is 3.62. The number of H-pyrrole nitrogens is 1. The lowest BCUT2D eigenvalue weighted by atomic mass is 10.1. The van der Waals surface area contributed by atoms with Gasteiger partial charge in [-0.1, -0.05) is 30.3 Å². The van der Waals surface area contributed by atoms with Gasteiger partial charge in [-0.3, -0.25) is 9.78 Å². The summed E-state index contributed by atoms with van der Waals surface area (Å²) in [7, 11) is 0. The summed E-state index contributed by atoms with van der Waals surface area (Å²) in [4.78, 5) is 21.2. The van der Waals surface area contributed by atoms with Gasteiger partial charge in [0.05, 0.1) is 17.6 Å². The van der Waals surface area contributed by atoms with E-state index >= 15 is 0 Å². The molecule has 0 unspecified atom stereocenters. The van der Waals surface area contributed by atoms with Crippen molar-refractivity contribution in [1.82, 2.24) is 9.97 Å². The molecule has 3 aromatic rings. The second kappa shape index (κ2) is 8.79. The van der Waals surface area contributed by atoms with Crippen LogP contribution in [0.15, 0.2) is 52.4 Å². The van der Waals surface area contributed by atoms with Gasteiger partial charge in [-0.05, 0) is 37.5 Å². The molecule has 2 aromatic carbocycles. The van der Waals surface area contributed by atoms with Gasteiger partial charge in [0, 0.05) is 24.2 Å². The van der Waals surface area contributed by atoms with Crippen LogP contribution in [0.3, 0.4) is 0 Å². The lowest BCUT2D eigenvalue weighted by molar-refractivity contribution is 0.622. The number of aromatic amines is 1. The number of benzene rings is 2. The molecule has 1 fully saturated rings. The van der Waals surface area contributed by atoms with Gasteiger partial charge in [0.15, 0.2) is 0 Å². The molecule has 1 aromatic heterocycles. The number of hydrazone groups is 1. The topological polar surface area (TPSA) is 97.2 Å². The van der Waals surface area contributed by atoms with Crippen molar-refractivity contribution in [3.63, 3.8) is 0 Å². The third-order valence-electron chi connectivity index (χ3n) is 5.23. The van der Waals surface area contributed by atoms with E-state index in [-0.39, 0.29) is 23.0 Å². The van der Waals surface area contributed by atoms with Crippen LogP contribution in [0.5, 0.6) is 0 Å². The molecule has 8 heteroatoms. The van der Waals surface area contributed by atoms with E-state index in [9.17, 15) is 14.4 Å². The predicted octanol–water partition coefficient (Wildman–Crippen LogP) is 3.80. The third-order valence-corrected chi connectivity index (χ3v) is 5.23. The molecule has 0 amide bonds. The highest BCUT2D eigenvalue weighted by atomic mass is 19.1. The Morgan fingerprint density at radius 1 is 1.26 bits per heavy atom. The molecule has 1 aliphatic rings. The summed E-state index contributed by atoms with van der Waals surface area (Å²) < 4.78 is 14.6. The van der Waals surface area contributed by atoms with Gasteiger partial charge in [-0.15, -0.1) is 0 Å². The molecule has 0 radical (unpaired) electrons. The van der Waals surface area contributed by atoms with E-state index in [0.29, 0.717) is 16.8 Å². The first-order chi connectivity index (χ1) is 15.1. The van der Waals surface area contributed by atoms with E-state index in [4.69, 9.17) is 0 Å². The number of halogens is 1. The van der Waals surface area contributed by atoms with Crippen molar-refractivity contribution < 1.29 is 4.39 Å². The van der Waals surface area contributed by atoms with Gasteiger partial charge >= 0.3 is 0 Å². The Kier molecular flexibility index (Phi) is 5.76. The summed E-state index contributed by atoms with van der Waals surface area (Å²) in [5.74, 6) is -0.198. The van der Waals surface area contributed by atoms with Crippen molar-refractivity contribution in [3.8, 4) is 17.3 Å². The predicted molar refractivity (Wildman–Crippen MR) is 119 cm³/mol. The van der Waals surface area contributed by atoms with Gasteiger partial charge in [0.2, 0.25) is 5.95 Å². The van der Waals surface area contributed by atoms with Crippen molar-refractivity contribution in [2.75, 3.05) is 23.4 Å². The van der Waals surface area contributed by atoms with Crippen LogP contribution >= 0.6 is 0 Å². The molecular formula is C23H21FN6O. The first kappa shape index (κ1) is 20.3. The van der Waals surface area contributed by atoms with Crippen LogP contribution < -0.4 is 15.9 Å². The minimum atomic E-state index is -0.564.